The molecule has 1 aromatic carbocycles. The lowest BCUT2D eigenvalue weighted by Gasteiger charge is -2.27. The van der Waals surface area contributed by atoms with Crippen molar-refractivity contribution in [2.75, 3.05) is 13.6 Å². The van der Waals surface area contributed by atoms with E-state index < -0.39 is 0 Å². The van der Waals surface area contributed by atoms with Crippen LogP contribution in [-0.4, -0.2) is 30.4 Å². The van der Waals surface area contributed by atoms with Crippen LogP contribution in [0, 0.1) is 5.82 Å². The molecule has 1 atom stereocenters. The number of amides is 1. The van der Waals surface area contributed by atoms with Gasteiger partial charge in [0.1, 0.15) is 5.82 Å². The number of nitrogens with one attached hydrogen (secondary N) is 1. The normalized spacial score (nSPS) is 19.6. The molecule has 0 aliphatic carbocycles. The van der Waals surface area contributed by atoms with Crippen LogP contribution in [0.4, 0.5) is 4.39 Å². The van der Waals surface area contributed by atoms with Gasteiger partial charge in [-0.05, 0) is 37.1 Å². The molecule has 4 heteroatoms. The Hall–Kier alpha value is -1.42. The monoisotopic (exact) mass is 250 g/mol. The lowest BCUT2D eigenvalue weighted by atomic mass is 10.0. The Bertz CT molecular complexity index is 399. The molecule has 1 aromatic rings. The van der Waals surface area contributed by atoms with E-state index >= 15 is 0 Å². The third-order valence-electron chi connectivity index (χ3n) is 3.32. The van der Waals surface area contributed by atoms with E-state index in [9.17, 15) is 9.18 Å². The van der Waals surface area contributed by atoms with Gasteiger partial charge in [-0.25, -0.2) is 4.39 Å². The van der Waals surface area contributed by atoms with E-state index in [0.29, 0.717) is 6.54 Å². The number of piperidine rings is 1. The van der Waals surface area contributed by atoms with Crippen molar-refractivity contribution in [3.8, 4) is 0 Å². The molecular formula is C14H19FN2O. The zero-order valence-electron chi connectivity index (χ0n) is 10.7. The Morgan fingerprint density at radius 1 is 1.39 bits per heavy atom. The molecule has 1 N–H and O–H groups in total. The molecule has 1 fully saturated rings. The Labute approximate surface area is 107 Å². The van der Waals surface area contributed by atoms with Gasteiger partial charge in [0.25, 0.3) is 0 Å². The Morgan fingerprint density at radius 2 is 2.11 bits per heavy atom. The van der Waals surface area contributed by atoms with E-state index in [4.69, 9.17) is 0 Å². The summed E-state index contributed by atoms with van der Waals surface area (Å²) < 4.78 is 12.8. The van der Waals surface area contributed by atoms with Gasteiger partial charge in [0.05, 0.1) is 6.04 Å². The first-order valence-corrected chi connectivity index (χ1v) is 6.39. The Balaban J connectivity index is 1.92. The van der Waals surface area contributed by atoms with Gasteiger partial charge in [0.2, 0.25) is 5.91 Å². The van der Waals surface area contributed by atoms with Crippen LogP contribution in [0.15, 0.2) is 24.3 Å². The van der Waals surface area contributed by atoms with Gasteiger partial charge in [0.15, 0.2) is 0 Å². The van der Waals surface area contributed by atoms with Gasteiger partial charge in [-0.1, -0.05) is 18.6 Å². The predicted octanol–water partition coefficient (Wildman–Crippen LogP) is 1.93. The SMILES string of the molecule is CN(Cc1ccc(F)cc1)C(=O)[C@H]1CCCCN1. The topological polar surface area (TPSA) is 32.3 Å². The van der Waals surface area contributed by atoms with E-state index in [1.165, 1.54) is 12.1 Å². The summed E-state index contributed by atoms with van der Waals surface area (Å²) in [7, 11) is 1.79. The molecule has 18 heavy (non-hydrogen) atoms. The molecule has 1 heterocycles. The van der Waals surface area contributed by atoms with E-state index in [2.05, 4.69) is 5.32 Å². The number of benzene rings is 1. The summed E-state index contributed by atoms with van der Waals surface area (Å²) >= 11 is 0. The fourth-order valence-electron chi connectivity index (χ4n) is 2.27. The van der Waals surface area contributed by atoms with E-state index in [0.717, 1.165) is 31.4 Å². The molecule has 0 saturated carbocycles. The summed E-state index contributed by atoms with van der Waals surface area (Å²) in [4.78, 5) is 13.9. The highest BCUT2D eigenvalue weighted by atomic mass is 19.1. The highest BCUT2D eigenvalue weighted by Crippen LogP contribution is 2.11. The van der Waals surface area contributed by atoms with Crippen molar-refractivity contribution in [3.63, 3.8) is 0 Å². The molecule has 1 amide bonds. The second-order valence-electron chi connectivity index (χ2n) is 4.82. The molecule has 1 aliphatic rings. The number of hydrogen-bond acceptors (Lipinski definition) is 2. The molecule has 0 aromatic heterocycles. The second kappa shape index (κ2) is 5.96. The van der Waals surface area contributed by atoms with Crippen molar-refractivity contribution in [3.05, 3.63) is 35.6 Å². The molecule has 1 saturated heterocycles. The van der Waals surface area contributed by atoms with Crippen LogP contribution in [-0.2, 0) is 11.3 Å². The van der Waals surface area contributed by atoms with Crippen molar-refractivity contribution < 1.29 is 9.18 Å². The highest BCUT2D eigenvalue weighted by Gasteiger charge is 2.23. The van der Waals surface area contributed by atoms with Crippen LogP contribution in [0.1, 0.15) is 24.8 Å². The van der Waals surface area contributed by atoms with E-state index in [-0.39, 0.29) is 17.8 Å². The standard InChI is InChI=1S/C14H19FN2O/c1-17(10-11-5-7-12(15)8-6-11)14(18)13-4-2-3-9-16-13/h5-8,13,16H,2-4,9-10H2,1H3/t13-/m1/s1. The van der Waals surface area contributed by atoms with Crippen molar-refractivity contribution in [2.24, 2.45) is 0 Å². The largest absolute Gasteiger partial charge is 0.340 e. The summed E-state index contributed by atoms with van der Waals surface area (Å²) in [6.45, 7) is 1.44. The van der Waals surface area contributed by atoms with Crippen molar-refractivity contribution in [1.29, 1.82) is 0 Å². The van der Waals surface area contributed by atoms with Gasteiger partial charge in [0, 0.05) is 13.6 Å². The van der Waals surface area contributed by atoms with Crippen LogP contribution in [0.3, 0.4) is 0 Å². The fraction of sp³-hybridized carbons (Fsp3) is 0.500. The number of rotatable bonds is 3. The third kappa shape index (κ3) is 3.29. The first-order chi connectivity index (χ1) is 8.66. The molecular weight excluding hydrogens is 231 g/mol. The highest BCUT2D eigenvalue weighted by molar-refractivity contribution is 5.81. The molecule has 98 valence electrons. The van der Waals surface area contributed by atoms with E-state index in [1.54, 1.807) is 24.1 Å². The zero-order valence-corrected chi connectivity index (χ0v) is 10.7. The molecule has 3 nitrogen and oxygen atoms in total. The average molecular weight is 250 g/mol. The maximum atomic E-state index is 12.8. The quantitative estimate of drug-likeness (QED) is 0.889. The fourth-order valence-corrected chi connectivity index (χ4v) is 2.27. The number of nitrogens with zero attached hydrogens (tertiary/aromatic N) is 1. The lowest BCUT2D eigenvalue weighted by molar-refractivity contribution is -0.133. The first-order valence-electron chi connectivity index (χ1n) is 6.39. The number of carbonyl (C=O) groups is 1. The smallest absolute Gasteiger partial charge is 0.239 e. The van der Waals surface area contributed by atoms with Crippen molar-refractivity contribution in [1.82, 2.24) is 10.2 Å². The summed E-state index contributed by atoms with van der Waals surface area (Å²) in [5, 5.41) is 3.24. The van der Waals surface area contributed by atoms with Gasteiger partial charge >= 0.3 is 0 Å². The molecule has 0 bridgehead atoms. The number of carbonyl (C=O) groups excluding carboxylic acids is 1. The molecule has 0 spiro atoms. The molecule has 0 radical (unpaired) electrons. The van der Waals surface area contributed by atoms with Crippen LogP contribution in [0.2, 0.25) is 0 Å². The van der Waals surface area contributed by atoms with Crippen molar-refractivity contribution in [2.45, 2.75) is 31.8 Å². The van der Waals surface area contributed by atoms with Gasteiger partial charge in [-0.3, -0.25) is 4.79 Å². The summed E-state index contributed by atoms with van der Waals surface area (Å²) in [6.07, 6.45) is 3.16. The van der Waals surface area contributed by atoms with Gasteiger partial charge in [-0.2, -0.15) is 0 Å². The zero-order chi connectivity index (χ0) is 13.0. The van der Waals surface area contributed by atoms with Gasteiger partial charge in [-0.15, -0.1) is 0 Å². The predicted molar refractivity (Wildman–Crippen MR) is 68.5 cm³/mol. The summed E-state index contributed by atoms with van der Waals surface area (Å²) in [5.74, 6) is -0.124. The minimum Gasteiger partial charge on any atom is -0.340 e. The van der Waals surface area contributed by atoms with Crippen LogP contribution >= 0.6 is 0 Å². The third-order valence-corrected chi connectivity index (χ3v) is 3.32. The van der Waals surface area contributed by atoms with Crippen LogP contribution in [0.25, 0.3) is 0 Å². The Morgan fingerprint density at radius 3 is 2.72 bits per heavy atom. The maximum Gasteiger partial charge on any atom is 0.239 e. The number of halogens is 1. The molecule has 0 unspecified atom stereocenters. The number of likely N-dealkylation sites (N-methyl/N-ethyl adjacent to an activating group) is 1. The summed E-state index contributed by atoms with van der Waals surface area (Å²) in [5.41, 5.74) is 0.947. The number of hydrogen-bond donors (Lipinski definition) is 1. The van der Waals surface area contributed by atoms with Gasteiger partial charge < -0.3 is 10.2 Å². The minimum atomic E-state index is -0.248. The maximum absolute atomic E-state index is 12.8. The molecule has 1 aliphatic heterocycles. The first kappa shape index (κ1) is 13.0. The van der Waals surface area contributed by atoms with Crippen LogP contribution in [0.5, 0.6) is 0 Å². The van der Waals surface area contributed by atoms with Crippen molar-refractivity contribution >= 4 is 5.91 Å². The summed E-state index contributed by atoms with van der Waals surface area (Å²) in [6, 6.07) is 6.23. The van der Waals surface area contributed by atoms with E-state index in [1.807, 2.05) is 0 Å². The van der Waals surface area contributed by atoms with Crippen LogP contribution < -0.4 is 5.32 Å². The minimum absolute atomic E-state index is 0.0517. The average Bonchev–Trinajstić information content (AvgIpc) is 2.41. The lowest BCUT2D eigenvalue weighted by Crippen LogP contribution is -2.46. The molecule has 2 rings (SSSR count). The second-order valence-corrected chi connectivity index (χ2v) is 4.82. The Kier molecular flexibility index (Phi) is 4.31.